The third-order valence-electron chi connectivity index (χ3n) is 3.27. The number of aryl methyl sites for hydroxylation is 1. The standard InChI is InChI=1S/C18H19NO3/c20-13-17(12-11-15-7-3-1-4-8-15)19-18(21)22-14-16-9-5-2-6-10-16/h1-10,13,17H,11-12,14H2,(H,19,21)/t17-/m1/s1. The number of benzene rings is 2. The zero-order valence-corrected chi connectivity index (χ0v) is 12.3. The van der Waals surface area contributed by atoms with E-state index in [0.29, 0.717) is 6.42 Å². The zero-order chi connectivity index (χ0) is 15.6. The fourth-order valence-electron chi connectivity index (χ4n) is 2.06. The van der Waals surface area contributed by atoms with E-state index < -0.39 is 12.1 Å². The Labute approximate surface area is 130 Å². The number of hydrogen-bond donors (Lipinski definition) is 1. The van der Waals surface area contributed by atoms with Crippen molar-refractivity contribution < 1.29 is 14.3 Å². The first-order chi connectivity index (χ1) is 10.8. The maximum Gasteiger partial charge on any atom is 0.408 e. The van der Waals surface area contributed by atoms with Crippen LogP contribution in [0.5, 0.6) is 0 Å². The van der Waals surface area contributed by atoms with Gasteiger partial charge in [0.15, 0.2) is 0 Å². The number of nitrogens with one attached hydrogen (secondary N) is 1. The summed E-state index contributed by atoms with van der Waals surface area (Å²) in [7, 11) is 0. The molecule has 0 unspecified atom stereocenters. The van der Waals surface area contributed by atoms with Crippen LogP contribution in [-0.4, -0.2) is 18.4 Å². The molecule has 0 aliphatic carbocycles. The lowest BCUT2D eigenvalue weighted by atomic mass is 10.1. The van der Waals surface area contributed by atoms with Gasteiger partial charge in [-0.15, -0.1) is 0 Å². The fourth-order valence-corrected chi connectivity index (χ4v) is 2.06. The van der Waals surface area contributed by atoms with E-state index in [1.165, 1.54) is 0 Å². The van der Waals surface area contributed by atoms with Crippen molar-refractivity contribution in [2.75, 3.05) is 0 Å². The Balaban J connectivity index is 1.74. The van der Waals surface area contributed by atoms with Crippen LogP contribution < -0.4 is 5.32 Å². The van der Waals surface area contributed by atoms with E-state index in [9.17, 15) is 9.59 Å². The molecule has 1 atom stereocenters. The second kappa shape index (κ2) is 8.62. The molecule has 0 spiro atoms. The number of carbonyl (C=O) groups is 2. The second-order valence-corrected chi connectivity index (χ2v) is 4.97. The molecular formula is C18H19NO3. The van der Waals surface area contributed by atoms with Crippen LogP contribution in [0.3, 0.4) is 0 Å². The first-order valence-corrected chi connectivity index (χ1v) is 7.24. The lowest BCUT2D eigenvalue weighted by Gasteiger charge is -2.13. The molecule has 0 heterocycles. The van der Waals surface area contributed by atoms with Crippen molar-refractivity contribution >= 4 is 12.4 Å². The molecule has 4 heteroatoms. The molecule has 22 heavy (non-hydrogen) atoms. The van der Waals surface area contributed by atoms with Crippen LogP contribution in [0, 0.1) is 0 Å². The second-order valence-electron chi connectivity index (χ2n) is 4.97. The Morgan fingerprint density at radius 2 is 1.59 bits per heavy atom. The van der Waals surface area contributed by atoms with Gasteiger partial charge in [-0.25, -0.2) is 4.79 Å². The van der Waals surface area contributed by atoms with Gasteiger partial charge in [0.2, 0.25) is 0 Å². The molecule has 0 aliphatic heterocycles. The molecule has 1 amide bonds. The molecule has 2 aromatic carbocycles. The Morgan fingerprint density at radius 3 is 2.18 bits per heavy atom. The molecule has 0 aromatic heterocycles. The van der Waals surface area contributed by atoms with Crippen molar-refractivity contribution in [3.63, 3.8) is 0 Å². The van der Waals surface area contributed by atoms with Gasteiger partial charge in [-0.1, -0.05) is 60.7 Å². The summed E-state index contributed by atoms with van der Waals surface area (Å²) in [4.78, 5) is 22.8. The summed E-state index contributed by atoms with van der Waals surface area (Å²) in [6.07, 6.45) is 1.44. The van der Waals surface area contributed by atoms with Crippen molar-refractivity contribution in [2.45, 2.75) is 25.5 Å². The van der Waals surface area contributed by atoms with Crippen LogP contribution in [0.2, 0.25) is 0 Å². The topological polar surface area (TPSA) is 55.4 Å². The summed E-state index contributed by atoms with van der Waals surface area (Å²) < 4.78 is 5.10. The highest BCUT2D eigenvalue weighted by Gasteiger charge is 2.12. The van der Waals surface area contributed by atoms with E-state index in [4.69, 9.17) is 4.74 Å². The van der Waals surface area contributed by atoms with Crippen molar-refractivity contribution in [1.29, 1.82) is 0 Å². The number of aldehydes is 1. The predicted molar refractivity (Wildman–Crippen MR) is 84.4 cm³/mol. The minimum Gasteiger partial charge on any atom is -0.445 e. The van der Waals surface area contributed by atoms with Crippen LogP contribution in [0.1, 0.15) is 17.5 Å². The molecule has 0 bridgehead atoms. The molecular weight excluding hydrogens is 278 g/mol. The largest absolute Gasteiger partial charge is 0.445 e. The number of amides is 1. The average Bonchev–Trinajstić information content (AvgIpc) is 2.58. The van der Waals surface area contributed by atoms with Gasteiger partial charge in [0.1, 0.15) is 12.9 Å². The molecule has 114 valence electrons. The molecule has 0 aliphatic rings. The van der Waals surface area contributed by atoms with E-state index in [1.807, 2.05) is 60.7 Å². The van der Waals surface area contributed by atoms with Gasteiger partial charge in [0, 0.05) is 0 Å². The Kier molecular flexibility index (Phi) is 6.18. The summed E-state index contributed by atoms with van der Waals surface area (Å²) in [6.45, 7) is 0.191. The molecule has 2 aromatic rings. The highest BCUT2D eigenvalue weighted by atomic mass is 16.5. The summed E-state index contributed by atoms with van der Waals surface area (Å²) in [5, 5.41) is 2.58. The lowest BCUT2D eigenvalue weighted by molar-refractivity contribution is -0.109. The summed E-state index contributed by atoms with van der Waals surface area (Å²) in [5.74, 6) is 0. The Bertz CT molecular complexity index is 584. The molecule has 0 fully saturated rings. The van der Waals surface area contributed by atoms with Crippen molar-refractivity contribution in [2.24, 2.45) is 0 Å². The number of rotatable bonds is 7. The van der Waals surface area contributed by atoms with Gasteiger partial charge in [-0.3, -0.25) is 0 Å². The minimum absolute atomic E-state index is 0.191. The predicted octanol–water partition coefficient (Wildman–Crippen LogP) is 3.11. The maximum atomic E-state index is 11.7. The minimum atomic E-state index is -0.575. The van der Waals surface area contributed by atoms with Gasteiger partial charge in [-0.2, -0.15) is 0 Å². The maximum absolute atomic E-state index is 11.7. The summed E-state index contributed by atoms with van der Waals surface area (Å²) in [5.41, 5.74) is 2.04. The van der Waals surface area contributed by atoms with E-state index in [2.05, 4.69) is 5.32 Å². The van der Waals surface area contributed by atoms with Gasteiger partial charge < -0.3 is 14.8 Å². The normalized spacial score (nSPS) is 11.5. The number of hydrogen-bond acceptors (Lipinski definition) is 3. The number of alkyl carbamates (subject to hydrolysis) is 1. The number of carbonyl (C=O) groups excluding carboxylic acids is 2. The van der Waals surface area contributed by atoms with Gasteiger partial charge in [0.25, 0.3) is 0 Å². The smallest absolute Gasteiger partial charge is 0.408 e. The number of ether oxygens (including phenoxy) is 1. The molecule has 4 nitrogen and oxygen atoms in total. The van der Waals surface area contributed by atoms with E-state index in [1.54, 1.807) is 0 Å². The fraction of sp³-hybridized carbons (Fsp3) is 0.222. The molecule has 0 radical (unpaired) electrons. The molecule has 0 saturated heterocycles. The highest BCUT2D eigenvalue weighted by Crippen LogP contribution is 2.05. The Hall–Kier alpha value is -2.62. The van der Waals surface area contributed by atoms with Crippen LogP contribution in [-0.2, 0) is 22.6 Å². The molecule has 0 saturated carbocycles. The first kappa shape index (κ1) is 15.8. The van der Waals surface area contributed by atoms with Crippen molar-refractivity contribution in [3.05, 3.63) is 71.8 Å². The van der Waals surface area contributed by atoms with E-state index in [0.717, 1.165) is 23.8 Å². The average molecular weight is 297 g/mol. The van der Waals surface area contributed by atoms with Gasteiger partial charge >= 0.3 is 6.09 Å². The lowest BCUT2D eigenvalue weighted by Crippen LogP contribution is -2.36. The van der Waals surface area contributed by atoms with Gasteiger partial charge in [0.05, 0.1) is 6.04 Å². The van der Waals surface area contributed by atoms with Crippen LogP contribution in [0.4, 0.5) is 4.79 Å². The van der Waals surface area contributed by atoms with Crippen LogP contribution >= 0.6 is 0 Å². The summed E-state index contributed by atoms with van der Waals surface area (Å²) in [6, 6.07) is 18.7. The molecule has 2 rings (SSSR count). The van der Waals surface area contributed by atoms with E-state index >= 15 is 0 Å². The first-order valence-electron chi connectivity index (χ1n) is 7.24. The van der Waals surface area contributed by atoms with Crippen molar-refractivity contribution in [1.82, 2.24) is 5.32 Å². The molecule has 1 N–H and O–H groups in total. The summed E-state index contributed by atoms with van der Waals surface area (Å²) >= 11 is 0. The Morgan fingerprint density at radius 1 is 1.00 bits per heavy atom. The third kappa shape index (κ3) is 5.40. The van der Waals surface area contributed by atoms with Crippen LogP contribution in [0.25, 0.3) is 0 Å². The highest BCUT2D eigenvalue weighted by molar-refractivity contribution is 5.73. The van der Waals surface area contributed by atoms with Crippen LogP contribution in [0.15, 0.2) is 60.7 Å². The van der Waals surface area contributed by atoms with Gasteiger partial charge in [-0.05, 0) is 24.0 Å². The van der Waals surface area contributed by atoms with E-state index in [-0.39, 0.29) is 6.61 Å². The SMILES string of the molecule is O=C[C@@H](CCc1ccccc1)NC(=O)OCc1ccccc1. The zero-order valence-electron chi connectivity index (χ0n) is 12.3. The quantitative estimate of drug-likeness (QED) is 0.799. The van der Waals surface area contributed by atoms with Crippen molar-refractivity contribution in [3.8, 4) is 0 Å². The third-order valence-corrected chi connectivity index (χ3v) is 3.27. The monoisotopic (exact) mass is 297 g/mol.